The lowest BCUT2D eigenvalue weighted by molar-refractivity contribution is -0.0588. The summed E-state index contributed by atoms with van der Waals surface area (Å²) in [7, 11) is 3.52. The van der Waals surface area contributed by atoms with Gasteiger partial charge in [-0.05, 0) is 90.2 Å². The van der Waals surface area contributed by atoms with E-state index in [1.54, 1.807) is 24.1 Å². The molecule has 0 bridgehead atoms. The van der Waals surface area contributed by atoms with Crippen molar-refractivity contribution in [3.05, 3.63) is 34.6 Å². The van der Waals surface area contributed by atoms with Gasteiger partial charge in [0.15, 0.2) is 0 Å². The number of nitrogens with one attached hydrogen (secondary N) is 2. The van der Waals surface area contributed by atoms with Gasteiger partial charge in [-0.2, -0.15) is 0 Å². The molecule has 0 aromatic heterocycles. The Morgan fingerprint density at radius 1 is 1.32 bits per heavy atom. The molecule has 1 aromatic carbocycles. The van der Waals surface area contributed by atoms with Crippen LogP contribution in [0.3, 0.4) is 0 Å². The first-order valence-electron chi connectivity index (χ1n) is 14.2. The van der Waals surface area contributed by atoms with Crippen molar-refractivity contribution >= 4 is 17.6 Å². The summed E-state index contributed by atoms with van der Waals surface area (Å²) in [5.41, 5.74) is -1.81. The second-order valence-corrected chi connectivity index (χ2v) is 12.0. The minimum absolute atomic E-state index is 0.0117. The van der Waals surface area contributed by atoms with E-state index in [0.717, 1.165) is 44.9 Å². The molecule has 2 aliphatic rings. The Bertz CT molecular complexity index is 895. The lowest BCUT2D eigenvalue weighted by Gasteiger charge is -2.43. The summed E-state index contributed by atoms with van der Waals surface area (Å²) in [5.74, 6) is -0.447. The van der Waals surface area contributed by atoms with Gasteiger partial charge in [-0.25, -0.2) is 9.18 Å². The Morgan fingerprint density at radius 3 is 2.74 bits per heavy atom. The van der Waals surface area contributed by atoms with E-state index in [1.165, 1.54) is 6.07 Å². The molecule has 216 valence electrons. The van der Waals surface area contributed by atoms with Gasteiger partial charge < -0.3 is 30.5 Å². The Hall–Kier alpha value is -1.45. The molecule has 1 aliphatic carbocycles. The van der Waals surface area contributed by atoms with E-state index in [0.29, 0.717) is 51.4 Å². The summed E-state index contributed by atoms with van der Waals surface area (Å²) >= 11 is 6.10. The molecule has 0 radical (unpaired) electrons. The number of carbonyl (C=O) groups is 1. The fourth-order valence-corrected chi connectivity index (χ4v) is 6.41. The molecule has 9 heteroatoms. The smallest absolute Gasteiger partial charge is 0.317 e. The lowest BCUT2D eigenvalue weighted by Crippen LogP contribution is -2.54. The molecule has 1 aromatic rings. The molecule has 2 amide bonds. The zero-order chi connectivity index (χ0) is 27.8. The molecule has 0 spiro atoms. The average molecular weight is 556 g/mol. The van der Waals surface area contributed by atoms with Gasteiger partial charge >= 0.3 is 6.03 Å². The molecule has 2 fully saturated rings. The van der Waals surface area contributed by atoms with Crippen LogP contribution in [0.25, 0.3) is 0 Å². The number of aliphatic hydroxyl groups is 2. The van der Waals surface area contributed by atoms with Crippen molar-refractivity contribution < 1.29 is 24.1 Å². The van der Waals surface area contributed by atoms with E-state index in [2.05, 4.69) is 10.6 Å². The first-order chi connectivity index (χ1) is 18.1. The van der Waals surface area contributed by atoms with Crippen molar-refractivity contribution in [2.45, 2.75) is 88.4 Å². The van der Waals surface area contributed by atoms with Gasteiger partial charge in [0.1, 0.15) is 5.82 Å². The number of likely N-dealkylation sites (tertiary alicyclic amines) is 1. The maximum Gasteiger partial charge on any atom is 0.317 e. The molecule has 7 nitrogen and oxygen atoms in total. The summed E-state index contributed by atoms with van der Waals surface area (Å²) in [4.78, 5) is 15.2. The number of rotatable bonds is 12. The van der Waals surface area contributed by atoms with E-state index >= 15 is 4.39 Å². The van der Waals surface area contributed by atoms with Crippen molar-refractivity contribution in [1.82, 2.24) is 15.5 Å². The van der Waals surface area contributed by atoms with E-state index < -0.39 is 17.0 Å². The molecule has 1 saturated heterocycles. The molecule has 4 N–H and O–H groups in total. The molecule has 1 aliphatic heterocycles. The Balaban J connectivity index is 1.70. The largest absolute Gasteiger partial charge is 0.390 e. The number of amides is 2. The number of nitrogens with zero attached hydrogens (tertiary/aromatic N) is 1. The minimum Gasteiger partial charge on any atom is -0.390 e. The average Bonchev–Trinajstić information content (AvgIpc) is 2.89. The summed E-state index contributed by atoms with van der Waals surface area (Å²) < 4.78 is 20.3. The van der Waals surface area contributed by atoms with Crippen LogP contribution in [0.4, 0.5) is 9.18 Å². The fraction of sp³-hybridized carbons (Fsp3) is 0.759. The van der Waals surface area contributed by atoms with Crippen LogP contribution in [0, 0.1) is 17.7 Å². The predicted octanol–water partition coefficient (Wildman–Crippen LogP) is 4.82. The van der Waals surface area contributed by atoms with Crippen LogP contribution >= 0.6 is 11.6 Å². The normalized spacial score (nSPS) is 26.6. The summed E-state index contributed by atoms with van der Waals surface area (Å²) in [6.07, 6.45) is 7.54. The van der Waals surface area contributed by atoms with E-state index in [-0.39, 0.29) is 28.6 Å². The molecular formula is C29H47ClFN3O4. The summed E-state index contributed by atoms with van der Waals surface area (Å²) in [5, 5.41) is 28.7. The standard InChI is InChI=1S/C29H47ClFN3O4/c1-28(36)14-11-21(12-15-28)18-23(19-32-2)33-27(35)34-16-7-8-22(20-34)29(37,13-4-5-17-38-3)24-9-6-10-25(30)26(24)31/h6,9-10,21-23,32,36-37H,4-5,7-8,11-20H2,1-3H3,(H,33,35)/t21?,22-,23+,28?,29+/m1/s1. The van der Waals surface area contributed by atoms with Crippen molar-refractivity contribution in [1.29, 1.82) is 0 Å². The quantitative estimate of drug-likeness (QED) is 0.277. The van der Waals surface area contributed by atoms with Crippen molar-refractivity contribution in [3.63, 3.8) is 0 Å². The zero-order valence-electron chi connectivity index (χ0n) is 23.3. The van der Waals surface area contributed by atoms with Crippen LogP contribution in [0.1, 0.15) is 76.7 Å². The van der Waals surface area contributed by atoms with Crippen LogP contribution in [0.15, 0.2) is 18.2 Å². The summed E-state index contributed by atoms with van der Waals surface area (Å²) in [6, 6.07) is 4.59. The van der Waals surface area contributed by atoms with E-state index in [9.17, 15) is 15.0 Å². The second kappa shape index (κ2) is 14.3. The number of urea groups is 1. The van der Waals surface area contributed by atoms with Crippen LogP contribution in [-0.2, 0) is 10.3 Å². The Kier molecular flexibility index (Phi) is 11.7. The third-order valence-electron chi connectivity index (χ3n) is 8.54. The highest BCUT2D eigenvalue weighted by Crippen LogP contribution is 2.42. The number of benzene rings is 1. The molecular weight excluding hydrogens is 509 g/mol. The fourth-order valence-electron chi connectivity index (χ4n) is 6.23. The van der Waals surface area contributed by atoms with Gasteiger partial charge in [-0.3, -0.25) is 0 Å². The molecule has 38 heavy (non-hydrogen) atoms. The number of unbranched alkanes of at least 4 members (excludes halogenated alkanes) is 1. The van der Waals surface area contributed by atoms with Gasteiger partial charge in [0, 0.05) is 50.9 Å². The predicted molar refractivity (Wildman–Crippen MR) is 149 cm³/mol. The van der Waals surface area contributed by atoms with Gasteiger partial charge in [-0.15, -0.1) is 0 Å². The van der Waals surface area contributed by atoms with E-state index in [1.807, 2.05) is 14.0 Å². The van der Waals surface area contributed by atoms with Gasteiger partial charge in [0.2, 0.25) is 0 Å². The van der Waals surface area contributed by atoms with Gasteiger partial charge in [0.25, 0.3) is 0 Å². The lowest BCUT2D eigenvalue weighted by atomic mass is 9.74. The van der Waals surface area contributed by atoms with Crippen molar-refractivity contribution in [3.8, 4) is 0 Å². The number of methoxy groups -OCH3 is 1. The first kappa shape index (κ1) is 31.1. The molecule has 0 unspecified atom stereocenters. The number of likely N-dealkylation sites (N-methyl/N-ethyl adjacent to an activating group) is 1. The number of ether oxygens (including phenoxy) is 1. The van der Waals surface area contributed by atoms with E-state index in [4.69, 9.17) is 16.3 Å². The summed E-state index contributed by atoms with van der Waals surface area (Å²) in [6.45, 7) is 4.07. The maximum atomic E-state index is 15.2. The van der Waals surface area contributed by atoms with Crippen molar-refractivity contribution in [2.24, 2.45) is 11.8 Å². The molecule has 1 heterocycles. The molecule has 3 atom stereocenters. The molecule has 1 saturated carbocycles. The highest BCUT2D eigenvalue weighted by atomic mass is 35.5. The second-order valence-electron chi connectivity index (χ2n) is 11.6. The minimum atomic E-state index is -1.44. The molecule has 3 rings (SSSR count). The number of piperidine rings is 1. The Morgan fingerprint density at radius 2 is 2.05 bits per heavy atom. The highest BCUT2D eigenvalue weighted by molar-refractivity contribution is 6.30. The van der Waals surface area contributed by atoms with Crippen LogP contribution in [0.5, 0.6) is 0 Å². The van der Waals surface area contributed by atoms with Crippen LogP contribution in [0.2, 0.25) is 5.02 Å². The SMILES string of the molecule is CNC[C@H](CC1CCC(C)(O)CC1)NC(=O)N1CCC[C@@H]([C@@](O)(CCCCOC)c2cccc(Cl)c2F)C1. The highest BCUT2D eigenvalue weighted by Gasteiger charge is 2.43. The number of halogens is 2. The number of hydrogen-bond donors (Lipinski definition) is 4. The number of hydrogen-bond acceptors (Lipinski definition) is 5. The van der Waals surface area contributed by atoms with Gasteiger partial charge in [0.05, 0.1) is 16.2 Å². The van der Waals surface area contributed by atoms with Crippen LogP contribution < -0.4 is 10.6 Å². The first-order valence-corrected chi connectivity index (χ1v) is 14.6. The zero-order valence-corrected chi connectivity index (χ0v) is 24.0. The maximum absolute atomic E-state index is 15.2. The monoisotopic (exact) mass is 555 g/mol. The number of carbonyl (C=O) groups excluding carboxylic acids is 1. The third kappa shape index (κ3) is 8.28. The third-order valence-corrected chi connectivity index (χ3v) is 8.83. The topological polar surface area (TPSA) is 94.1 Å². The Labute approximate surface area is 232 Å². The van der Waals surface area contributed by atoms with Crippen molar-refractivity contribution in [2.75, 3.05) is 40.4 Å². The van der Waals surface area contributed by atoms with Crippen LogP contribution in [-0.4, -0.2) is 73.2 Å². The van der Waals surface area contributed by atoms with Gasteiger partial charge in [-0.1, -0.05) is 23.7 Å².